The number of amides is 1. The summed E-state index contributed by atoms with van der Waals surface area (Å²) in [4.78, 5) is 15.3. The zero-order chi connectivity index (χ0) is 18.7. The van der Waals surface area contributed by atoms with Crippen molar-refractivity contribution in [2.75, 3.05) is 6.54 Å². The summed E-state index contributed by atoms with van der Waals surface area (Å²) in [6.07, 6.45) is 12.0. The Balaban J connectivity index is 1.25. The molecule has 1 N–H and O–H groups in total. The lowest BCUT2D eigenvalue weighted by Gasteiger charge is -2.38. The van der Waals surface area contributed by atoms with Crippen LogP contribution in [0.2, 0.25) is 0 Å². The van der Waals surface area contributed by atoms with E-state index in [1.165, 1.54) is 18.4 Å². The molecule has 5 nitrogen and oxygen atoms in total. The molecule has 27 heavy (non-hydrogen) atoms. The van der Waals surface area contributed by atoms with Gasteiger partial charge in [0.1, 0.15) is 0 Å². The molecule has 1 amide bonds. The molecule has 1 aromatic carbocycles. The van der Waals surface area contributed by atoms with Gasteiger partial charge in [-0.1, -0.05) is 30.3 Å². The van der Waals surface area contributed by atoms with E-state index < -0.39 is 0 Å². The quantitative estimate of drug-likeness (QED) is 0.718. The second-order valence-electron chi connectivity index (χ2n) is 8.14. The molecule has 3 aliphatic heterocycles. The van der Waals surface area contributed by atoms with Gasteiger partial charge in [0.25, 0.3) is 0 Å². The van der Waals surface area contributed by atoms with Gasteiger partial charge >= 0.3 is 0 Å². The van der Waals surface area contributed by atoms with Crippen LogP contribution in [0.1, 0.15) is 50.5 Å². The molecule has 142 valence electrons. The van der Waals surface area contributed by atoms with E-state index in [1.807, 2.05) is 0 Å². The van der Waals surface area contributed by atoms with Crippen LogP contribution < -0.4 is 5.32 Å². The van der Waals surface area contributed by atoms with Gasteiger partial charge in [-0.25, -0.2) is 0 Å². The largest absolute Gasteiger partial charge is 0.356 e. The minimum atomic E-state index is -0.308. The third-order valence-corrected chi connectivity index (χ3v) is 6.34. The number of piperidine rings is 1. The molecule has 4 rings (SSSR count). The summed E-state index contributed by atoms with van der Waals surface area (Å²) >= 11 is 0. The molecular weight excluding hydrogens is 336 g/mol. The van der Waals surface area contributed by atoms with Crippen LogP contribution in [0.5, 0.6) is 0 Å². The van der Waals surface area contributed by atoms with Crippen LogP contribution in [0.3, 0.4) is 0 Å². The highest BCUT2D eigenvalue weighted by atomic mass is 16.1. The van der Waals surface area contributed by atoms with Crippen LogP contribution in [0, 0.1) is 18.3 Å². The van der Waals surface area contributed by atoms with Gasteiger partial charge in [0.2, 0.25) is 5.91 Å². The van der Waals surface area contributed by atoms with Crippen LogP contribution >= 0.6 is 0 Å². The van der Waals surface area contributed by atoms with Gasteiger partial charge < -0.3 is 5.32 Å². The average Bonchev–Trinajstić information content (AvgIpc) is 3.42. The van der Waals surface area contributed by atoms with E-state index >= 15 is 0 Å². The Morgan fingerprint density at radius 2 is 1.89 bits per heavy atom. The maximum atomic E-state index is 12.7. The summed E-state index contributed by atoms with van der Waals surface area (Å²) in [5, 5.41) is 11.4. The number of nitrogens with one attached hydrogen (secondary N) is 1. The van der Waals surface area contributed by atoms with Gasteiger partial charge in [-0.05, 0) is 31.2 Å². The fourth-order valence-electron chi connectivity index (χ4n) is 4.74. The van der Waals surface area contributed by atoms with Gasteiger partial charge in [-0.15, -0.1) is 12.3 Å². The molecule has 0 radical (unpaired) electrons. The Morgan fingerprint density at radius 3 is 2.52 bits per heavy atom. The summed E-state index contributed by atoms with van der Waals surface area (Å²) in [6.45, 7) is 1.64. The van der Waals surface area contributed by atoms with E-state index in [4.69, 9.17) is 6.42 Å². The van der Waals surface area contributed by atoms with Crippen molar-refractivity contribution in [3.05, 3.63) is 35.9 Å². The van der Waals surface area contributed by atoms with Gasteiger partial charge in [0.15, 0.2) is 5.66 Å². The second kappa shape index (κ2) is 7.82. The van der Waals surface area contributed by atoms with Gasteiger partial charge in [0.05, 0.1) is 0 Å². The van der Waals surface area contributed by atoms with Crippen LogP contribution in [-0.2, 0) is 11.3 Å². The lowest BCUT2D eigenvalue weighted by atomic mass is 9.89. The normalized spacial score (nSPS) is 27.9. The molecule has 5 heteroatoms. The summed E-state index contributed by atoms with van der Waals surface area (Å²) < 4.78 is 0. The molecular formula is C22H28N4O. The summed E-state index contributed by atoms with van der Waals surface area (Å²) in [6, 6.07) is 11.7. The molecule has 0 aliphatic carbocycles. The summed E-state index contributed by atoms with van der Waals surface area (Å²) in [7, 11) is 0. The Bertz CT molecular complexity index is 718. The number of benzene rings is 1. The van der Waals surface area contributed by atoms with Gasteiger partial charge in [0, 0.05) is 50.4 Å². The van der Waals surface area contributed by atoms with Crippen molar-refractivity contribution in [3.63, 3.8) is 0 Å². The summed E-state index contributed by atoms with van der Waals surface area (Å²) in [5.74, 6) is 2.99. The van der Waals surface area contributed by atoms with Crippen molar-refractivity contribution in [2.24, 2.45) is 16.1 Å². The highest BCUT2D eigenvalue weighted by molar-refractivity contribution is 5.78. The topological polar surface area (TPSA) is 57.1 Å². The first kappa shape index (κ1) is 18.2. The number of nitrogens with zero attached hydrogens (tertiary/aromatic N) is 3. The number of hydrogen-bond donors (Lipinski definition) is 1. The molecule has 3 aliphatic rings. The number of carbonyl (C=O) groups excluding carboxylic acids is 1. The van der Waals surface area contributed by atoms with Crippen molar-refractivity contribution in [1.29, 1.82) is 0 Å². The van der Waals surface area contributed by atoms with E-state index in [2.05, 4.69) is 56.7 Å². The van der Waals surface area contributed by atoms with E-state index in [0.717, 1.165) is 32.2 Å². The molecule has 2 unspecified atom stereocenters. The molecule has 0 saturated carbocycles. The molecule has 0 spiro atoms. The first-order chi connectivity index (χ1) is 13.2. The summed E-state index contributed by atoms with van der Waals surface area (Å²) in [5.41, 5.74) is 1.06. The number of carbonyl (C=O) groups is 1. The van der Waals surface area contributed by atoms with Crippen LogP contribution in [-0.4, -0.2) is 35.1 Å². The number of rotatable bonds is 8. The third-order valence-electron chi connectivity index (χ3n) is 6.34. The van der Waals surface area contributed by atoms with Gasteiger partial charge in [-0.3, -0.25) is 9.69 Å². The van der Waals surface area contributed by atoms with Crippen molar-refractivity contribution < 1.29 is 4.79 Å². The fraction of sp³-hybridized carbons (Fsp3) is 0.591. The smallest absolute Gasteiger partial charge is 0.223 e. The number of terminal acetylenes is 1. The van der Waals surface area contributed by atoms with Crippen LogP contribution in [0.15, 0.2) is 40.6 Å². The second-order valence-corrected chi connectivity index (χ2v) is 8.14. The number of fused-ring (bicyclic) bond motifs is 2. The Labute approximate surface area is 161 Å². The standard InChI is InChI=1S/C22H28N4O/c1-2-3-11-22(24-25-22)12-13-23-21(27)18-14-19-9-10-20(15-18)26(19)16-17-7-5-4-6-8-17/h1,4-8,18-20H,3,9-16H2,(H,23,27). The SMILES string of the molecule is C#CCCC1(CCNC(=O)C2CC3CCC(C2)N3Cc2ccccc2)N=N1. The monoisotopic (exact) mass is 364 g/mol. The Kier molecular flexibility index (Phi) is 5.27. The van der Waals surface area contributed by atoms with Crippen molar-refractivity contribution >= 4 is 5.91 Å². The highest BCUT2D eigenvalue weighted by Crippen LogP contribution is 2.40. The molecule has 0 aromatic heterocycles. The number of hydrogen-bond acceptors (Lipinski definition) is 4. The molecule has 2 atom stereocenters. The molecule has 2 bridgehead atoms. The Hall–Kier alpha value is -2.19. The maximum Gasteiger partial charge on any atom is 0.223 e. The highest BCUT2D eigenvalue weighted by Gasteiger charge is 2.43. The van der Waals surface area contributed by atoms with E-state index in [-0.39, 0.29) is 17.5 Å². The van der Waals surface area contributed by atoms with Crippen LogP contribution in [0.4, 0.5) is 0 Å². The molecule has 2 fully saturated rings. The first-order valence-corrected chi connectivity index (χ1v) is 10.1. The zero-order valence-electron chi connectivity index (χ0n) is 15.8. The predicted molar refractivity (Wildman–Crippen MR) is 105 cm³/mol. The molecule has 2 saturated heterocycles. The molecule has 3 heterocycles. The van der Waals surface area contributed by atoms with Crippen molar-refractivity contribution in [2.45, 2.75) is 69.2 Å². The van der Waals surface area contributed by atoms with Crippen LogP contribution in [0.25, 0.3) is 0 Å². The zero-order valence-corrected chi connectivity index (χ0v) is 15.8. The lowest BCUT2D eigenvalue weighted by molar-refractivity contribution is -0.127. The minimum Gasteiger partial charge on any atom is -0.356 e. The van der Waals surface area contributed by atoms with Crippen molar-refractivity contribution in [1.82, 2.24) is 10.2 Å². The van der Waals surface area contributed by atoms with E-state index in [1.54, 1.807) is 0 Å². The van der Waals surface area contributed by atoms with E-state index in [0.29, 0.717) is 25.0 Å². The lowest BCUT2D eigenvalue weighted by Crippen LogP contribution is -2.46. The van der Waals surface area contributed by atoms with E-state index in [9.17, 15) is 4.79 Å². The average molecular weight is 364 g/mol. The first-order valence-electron chi connectivity index (χ1n) is 10.1. The Morgan fingerprint density at radius 1 is 1.19 bits per heavy atom. The van der Waals surface area contributed by atoms with Crippen molar-refractivity contribution in [3.8, 4) is 12.3 Å². The van der Waals surface area contributed by atoms with Gasteiger partial charge in [-0.2, -0.15) is 10.2 Å². The maximum absolute atomic E-state index is 12.7. The fourth-order valence-corrected chi connectivity index (χ4v) is 4.74. The molecule has 1 aromatic rings. The third kappa shape index (κ3) is 4.22. The minimum absolute atomic E-state index is 0.143. The predicted octanol–water partition coefficient (Wildman–Crippen LogP) is 3.51.